The number of rotatable bonds is 8. The first kappa shape index (κ1) is 22.8. The third-order valence-electron chi connectivity index (χ3n) is 5.21. The van der Waals surface area contributed by atoms with Crippen molar-refractivity contribution in [2.45, 2.75) is 44.6 Å². The second-order valence-electron chi connectivity index (χ2n) is 7.88. The predicted molar refractivity (Wildman–Crippen MR) is 122 cm³/mol. The van der Waals surface area contributed by atoms with E-state index in [0.29, 0.717) is 11.4 Å². The minimum Gasteiger partial charge on any atom is -0.489 e. The van der Waals surface area contributed by atoms with Gasteiger partial charge < -0.3 is 4.74 Å². The van der Waals surface area contributed by atoms with E-state index in [1.54, 1.807) is 28.4 Å². The van der Waals surface area contributed by atoms with Crippen molar-refractivity contribution in [1.82, 2.24) is 14.1 Å². The Morgan fingerprint density at radius 3 is 2.16 bits per heavy atom. The van der Waals surface area contributed by atoms with E-state index in [1.807, 2.05) is 58.2 Å². The zero-order valence-corrected chi connectivity index (χ0v) is 19.3. The summed E-state index contributed by atoms with van der Waals surface area (Å²) in [6.45, 7) is 7.81. The number of para-hydroxylation sites is 1. The summed E-state index contributed by atoms with van der Waals surface area (Å²) < 4.78 is 37.0. The number of benzene rings is 2. The lowest BCUT2D eigenvalue weighted by molar-refractivity contribution is 0.225. The quantitative estimate of drug-likeness (QED) is 0.579. The molecule has 7 nitrogen and oxygen atoms in total. The van der Waals surface area contributed by atoms with E-state index < -0.39 is 10.0 Å². The first-order chi connectivity index (χ1) is 14.6. The van der Waals surface area contributed by atoms with E-state index in [1.165, 1.54) is 12.1 Å². The predicted octanol–water partition coefficient (Wildman–Crippen LogP) is 3.35. The van der Waals surface area contributed by atoms with Gasteiger partial charge in [0, 0.05) is 24.8 Å². The Kier molecular flexibility index (Phi) is 6.71. The van der Waals surface area contributed by atoms with Crippen LogP contribution in [0.1, 0.15) is 37.9 Å². The van der Waals surface area contributed by atoms with Crippen LogP contribution >= 0.6 is 0 Å². The van der Waals surface area contributed by atoms with Crippen LogP contribution in [-0.4, -0.2) is 30.4 Å². The van der Waals surface area contributed by atoms with Gasteiger partial charge in [-0.3, -0.25) is 9.48 Å². The summed E-state index contributed by atoms with van der Waals surface area (Å²) in [6, 6.07) is 15.5. The van der Waals surface area contributed by atoms with Crippen molar-refractivity contribution in [1.29, 1.82) is 0 Å². The molecule has 1 N–H and O–H groups in total. The summed E-state index contributed by atoms with van der Waals surface area (Å²) in [7, 11) is -1.89. The van der Waals surface area contributed by atoms with Crippen LogP contribution in [0.4, 0.5) is 0 Å². The van der Waals surface area contributed by atoms with Gasteiger partial charge in [0.05, 0.1) is 10.6 Å². The Hall–Kier alpha value is -2.84. The molecule has 0 amide bonds. The maximum absolute atomic E-state index is 12.9. The second kappa shape index (κ2) is 9.11. The number of nitrogens with one attached hydrogen (secondary N) is 1. The van der Waals surface area contributed by atoms with Crippen LogP contribution in [0.3, 0.4) is 0 Å². The molecule has 0 bridgehead atoms. The third kappa shape index (κ3) is 4.91. The molecule has 3 rings (SSSR count). The molecule has 166 valence electrons. The number of ether oxygens (including phenoxy) is 1. The number of nitrogens with zero attached hydrogens (tertiary/aromatic N) is 2. The summed E-state index contributed by atoms with van der Waals surface area (Å²) in [5, 5.41) is 0. The van der Waals surface area contributed by atoms with Gasteiger partial charge in [-0.25, -0.2) is 17.8 Å². The first-order valence-electron chi connectivity index (χ1n) is 10.2. The Morgan fingerprint density at radius 1 is 1.00 bits per heavy atom. The van der Waals surface area contributed by atoms with E-state index in [4.69, 9.17) is 4.74 Å². The summed E-state index contributed by atoms with van der Waals surface area (Å²) in [5.41, 5.74) is 2.18. The molecule has 0 saturated carbocycles. The van der Waals surface area contributed by atoms with Gasteiger partial charge in [-0.05, 0) is 56.2 Å². The summed E-state index contributed by atoms with van der Waals surface area (Å²) in [6.07, 6.45) is -0.337. The average Bonchev–Trinajstić information content (AvgIpc) is 2.96. The lowest BCUT2D eigenvalue weighted by atomic mass is 10.0. The standard InChI is InChI=1S/C23H29N3O4S/c1-16(2)22-18(4)25(5)26(23(22)27)19-11-13-21(14-12-19)31(28,29)24-15-17(3)30-20-9-7-6-8-10-20/h6-14,16-17,24H,15H2,1-5H3. The molecule has 1 atom stereocenters. The Bertz CT molecular complexity index is 1190. The highest BCUT2D eigenvalue weighted by molar-refractivity contribution is 7.89. The van der Waals surface area contributed by atoms with Crippen molar-refractivity contribution in [3.63, 3.8) is 0 Å². The first-order valence-corrected chi connectivity index (χ1v) is 11.7. The van der Waals surface area contributed by atoms with Gasteiger partial charge in [-0.15, -0.1) is 0 Å². The third-order valence-corrected chi connectivity index (χ3v) is 6.65. The average molecular weight is 444 g/mol. The monoisotopic (exact) mass is 443 g/mol. The van der Waals surface area contributed by atoms with E-state index in [9.17, 15) is 13.2 Å². The maximum Gasteiger partial charge on any atom is 0.275 e. The van der Waals surface area contributed by atoms with Crippen LogP contribution in [0.2, 0.25) is 0 Å². The van der Waals surface area contributed by atoms with Crippen LogP contribution in [0.25, 0.3) is 5.69 Å². The molecule has 0 aliphatic heterocycles. The highest BCUT2D eigenvalue weighted by Crippen LogP contribution is 2.19. The van der Waals surface area contributed by atoms with Gasteiger partial charge in [0.25, 0.3) is 5.56 Å². The maximum atomic E-state index is 12.9. The van der Waals surface area contributed by atoms with Gasteiger partial charge in [-0.1, -0.05) is 32.0 Å². The molecule has 0 saturated heterocycles. The van der Waals surface area contributed by atoms with Crippen molar-refractivity contribution >= 4 is 10.0 Å². The van der Waals surface area contributed by atoms with Gasteiger partial charge in [0.1, 0.15) is 11.9 Å². The van der Waals surface area contributed by atoms with Crippen LogP contribution in [0, 0.1) is 6.92 Å². The zero-order chi connectivity index (χ0) is 22.8. The van der Waals surface area contributed by atoms with Crippen molar-refractivity contribution in [3.8, 4) is 11.4 Å². The zero-order valence-electron chi connectivity index (χ0n) is 18.5. The van der Waals surface area contributed by atoms with E-state index >= 15 is 0 Å². The number of hydrogen-bond donors (Lipinski definition) is 1. The number of hydrogen-bond acceptors (Lipinski definition) is 4. The molecule has 0 aliphatic rings. The molecule has 0 radical (unpaired) electrons. The lowest BCUT2D eigenvalue weighted by Crippen LogP contribution is -2.33. The largest absolute Gasteiger partial charge is 0.489 e. The van der Waals surface area contributed by atoms with Gasteiger partial charge in [0.2, 0.25) is 10.0 Å². The fraction of sp³-hybridized carbons (Fsp3) is 0.348. The van der Waals surface area contributed by atoms with Gasteiger partial charge >= 0.3 is 0 Å². The molecule has 31 heavy (non-hydrogen) atoms. The topological polar surface area (TPSA) is 82.3 Å². The van der Waals surface area contributed by atoms with Crippen LogP contribution in [-0.2, 0) is 17.1 Å². The molecule has 8 heteroatoms. The van der Waals surface area contributed by atoms with Crippen molar-refractivity contribution in [2.24, 2.45) is 7.05 Å². The van der Waals surface area contributed by atoms with Crippen LogP contribution in [0.5, 0.6) is 5.75 Å². The van der Waals surface area contributed by atoms with Gasteiger partial charge in [0.15, 0.2) is 0 Å². The smallest absolute Gasteiger partial charge is 0.275 e. The van der Waals surface area contributed by atoms with E-state index in [-0.39, 0.29) is 29.0 Å². The molecular weight excluding hydrogens is 414 g/mol. The second-order valence-corrected chi connectivity index (χ2v) is 9.65. The lowest BCUT2D eigenvalue weighted by Gasteiger charge is -2.16. The fourth-order valence-electron chi connectivity index (χ4n) is 3.53. The Labute approximate surface area is 183 Å². The van der Waals surface area contributed by atoms with Crippen molar-refractivity contribution in [2.75, 3.05) is 6.54 Å². The number of aromatic nitrogens is 2. The number of sulfonamides is 1. The van der Waals surface area contributed by atoms with E-state index in [0.717, 1.165) is 11.3 Å². The van der Waals surface area contributed by atoms with Crippen molar-refractivity contribution in [3.05, 3.63) is 76.2 Å². The molecular formula is C23H29N3O4S. The van der Waals surface area contributed by atoms with E-state index in [2.05, 4.69) is 4.72 Å². The minimum absolute atomic E-state index is 0.0874. The highest BCUT2D eigenvalue weighted by atomic mass is 32.2. The molecule has 3 aromatic rings. The fourth-order valence-corrected chi connectivity index (χ4v) is 4.65. The van der Waals surface area contributed by atoms with Crippen LogP contribution in [0.15, 0.2) is 64.3 Å². The normalized spacial score (nSPS) is 12.8. The Morgan fingerprint density at radius 2 is 1.61 bits per heavy atom. The molecule has 0 aliphatic carbocycles. The molecule has 1 unspecified atom stereocenters. The van der Waals surface area contributed by atoms with Crippen molar-refractivity contribution < 1.29 is 13.2 Å². The highest BCUT2D eigenvalue weighted by Gasteiger charge is 2.20. The minimum atomic E-state index is -3.71. The summed E-state index contributed by atoms with van der Waals surface area (Å²) in [5.74, 6) is 0.784. The summed E-state index contributed by atoms with van der Waals surface area (Å²) in [4.78, 5) is 13.0. The molecule has 0 fully saturated rings. The SMILES string of the molecule is Cc1c(C(C)C)c(=O)n(-c2ccc(S(=O)(=O)NCC(C)Oc3ccccc3)cc2)n1C. The molecule has 1 aromatic heterocycles. The molecule has 1 heterocycles. The summed E-state index contributed by atoms with van der Waals surface area (Å²) >= 11 is 0. The Balaban J connectivity index is 1.75. The van der Waals surface area contributed by atoms with Gasteiger partial charge in [-0.2, -0.15) is 0 Å². The molecule has 2 aromatic carbocycles. The van der Waals surface area contributed by atoms with Crippen LogP contribution < -0.4 is 15.0 Å². The molecule has 0 spiro atoms.